The highest BCUT2D eigenvalue weighted by molar-refractivity contribution is 14.0. The number of methoxy groups -OCH3 is 3. The average Bonchev–Trinajstić information content (AvgIpc) is 3.17. The lowest BCUT2D eigenvalue weighted by atomic mass is 10.1. The van der Waals surface area contributed by atoms with E-state index in [-0.39, 0.29) is 24.0 Å². The van der Waals surface area contributed by atoms with Gasteiger partial charge in [0.1, 0.15) is 17.2 Å². The maximum atomic E-state index is 5.47. The molecule has 0 atom stereocenters. The highest BCUT2D eigenvalue weighted by atomic mass is 127. The number of aliphatic imine (C=N–C) groups is 1. The molecule has 0 saturated heterocycles. The first-order valence-corrected chi connectivity index (χ1v) is 8.85. The Morgan fingerprint density at radius 2 is 1.77 bits per heavy atom. The lowest BCUT2D eigenvalue weighted by Crippen LogP contribution is -2.37. The maximum Gasteiger partial charge on any atom is 0.191 e. The Bertz CT molecular complexity index is 668. The first-order chi connectivity index (χ1) is 12.2. The normalized spacial score (nSPS) is 10.7. The Kier molecular flexibility index (Phi) is 10.2. The summed E-state index contributed by atoms with van der Waals surface area (Å²) >= 11 is 1.76. The van der Waals surface area contributed by atoms with Gasteiger partial charge >= 0.3 is 0 Å². The largest absolute Gasteiger partial charge is 0.496 e. The van der Waals surface area contributed by atoms with Gasteiger partial charge in [-0.15, -0.1) is 35.3 Å². The van der Waals surface area contributed by atoms with Crippen LogP contribution < -0.4 is 24.8 Å². The van der Waals surface area contributed by atoms with E-state index in [1.54, 1.807) is 39.7 Å². The molecule has 0 aliphatic rings. The van der Waals surface area contributed by atoms with Crippen LogP contribution in [0.2, 0.25) is 0 Å². The van der Waals surface area contributed by atoms with Crippen LogP contribution in [0.15, 0.2) is 34.6 Å². The molecule has 1 aromatic carbocycles. The van der Waals surface area contributed by atoms with Gasteiger partial charge in [0.2, 0.25) is 0 Å². The van der Waals surface area contributed by atoms with Crippen LogP contribution in [-0.2, 0) is 13.0 Å². The number of guanidine groups is 1. The summed E-state index contributed by atoms with van der Waals surface area (Å²) < 4.78 is 16.2. The fourth-order valence-corrected chi connectivity index (χ4v) is 3.11. The monoisotopic (exact) mass is 491 g/mol. The summed E-state index contributed by atoms with van der Waals surface area (Å²) in [6.07, 6.45) is 0.966. The van der Waals surface area contributed by atoms with Gasteiger partial charge in [0.25, 0.3) is 0 Å². The minimum atomic E-state index is 0. The highest BCUT2D eigenvalue weighted by Gasteiger charge is 2.13. The number of nitrogens with one attached hydrogen (secondary N) is 2. The van der Waals surface area contributed by atoms with Crippen LogP contribution in [0.25, 0.3) is 0 Å². The topological polar surface area (TPSA) is 64.1 Å². The maximum absolute atomic E-state index is 5.47. The van der Waals surface area contributed by atoms with E-state index in [1.165, 1.54) is 4.88 Å². The Balaban J connectivity index is 0.00000338. The van der Waals surface area contributed by atoms with E-state index in [2.05, 4.69) is 33.1 Å². The summed E-state index contributed by atoms with van der Waals surface area (Å²) in [6.45, 7) is 1.34. The molecule has 0 amide bonds. The summed E-state index contributed by atoms with van der Waals surface area (Å²) in [5.74, 6) is 2.84. The third kappa shape index (κ3) is 6.24. The van der Waals surface area contributed by atoms with Crippen LogP contribution in [0.5, 0.6) is 17.2 Å². The molecule has 144 valence electrons. The van der Waals surface area contributed by atoms with Gasteiger partial charge in [-0.1, -0.05) is 6.07 Å². The van der Waals surface area contributed by atoms with Gasteiger partial charge in [-0.3, -0.25) is 4.99 Å². The van der Waals surface area contributed by atoms with Gasteiger partial charge in [0.15, 0.2) is 5.96 Å². The van der Waals surface area contributed by atoms with Crippen LogP contribution in [0, 0.1) is 0 Å². The van der Waals surface area contributed by atoms with Crippen molar-refractivity contribution in [2.75, 3.05) is 34.9 Å². The minimum Gasteiger partial charge on any atom is -0.496 e. The molecule has 0 aliphatic carbocycles. The molecule has 2 rings (SSSR count). The molecule has 0 spiro atoms. The predicted molar refractivity (Wildman–Crippen MR) is 118 cm³/mol. The third-order valence-corrected chi connectivity index (χ3v) is 4.65. The van der Waals surface area contributed by atoms with E-state index >= 15 is 0 Å². The third-order valence-electron chi connectivity index (χ3n) is 3.72. The van der Waals surface area contributed by atoms with E-state index in [0.29, 0.717) is 23.8 Å². The Morgan fingerprint density at radius 1 is 1.08 bits per heavy atom. The van der Waals surface area contributed by atoms with Crippen molar-refractivity contribution in [2.24, 2.45) is 4.99 Å². The van der Waals surface area contributed by atoms with E-state index in [0.717, 1.165) is 24.5 Å². The van der Waals surface area contributed by atoms with Crippen molar-refractivity contribution in [1.29, 1.82) is 0 Å². The SMILES string of the molecule is CN=C(NCCc1cccs1)NCc1c(OC)cc(OC)cc1OC.I. The smallest absolute Gasteiger partial charge is 0.191 e. The van der Waals surface area contributed by atoms with Crippen LogP contribution in [-0.4, -0.2) is 40.9 Å². The molecule has 6 nitrogen and oxygen atoms in total. The number of hydrogen-bond acceptors (Lipinski definition) is 5. The molecule has 0 radical (unpaired) electrons. The van der Waals surface area contributed by atoms with Crippen molar-refractivity contribution < 1.29 is 14.2 Å². The predicted octanol–water partition coefficient (Wildman–Crippen LogP) is 3.30. The zero-order valence-corrected chi connectivity index (χ0v) is 18.6. The van der Waals surface area contributed by atoms with Crippen molar-refractivity contribution >= 4 is 41.3 Å². The van der Waals surface area contributed by atoms with Gasteiger partial charge in [0, 0.05) is 30.6 Å². The van der Waals surface area contributed by atoms with Crippen LogP contribution in [0.1, 0.15) is 10.4 Å². The molecule has 0 saturated carbocycles. The number of nitrogens with zero attached hydrogens (tertiary/aromatic N) is 1. The number of thiophene rings is 1. The van der Waals surface area contributed by atoms with Gasteiger partial charge < -0.3 is 24.8 Å². The second kappa shape index (κ2) is 11.8. The van der Waals surface area contributed by atoms with Gasteiger partial charge in [0.05, 0.1) is 33.4 Å². The first-order valence-electron chi connectivity index (χ1n) is 7.97. The molecule has 0 aliphatic heterocycles. The number of rotatable bonds is 8. The Labute approximate surface area is 176 Å². The molecule has 1 heterocycles. The van der Waals surface area contributed by atoms with Gasteiger partial charge in [-0.05, 0) is 17.9 Å². The van der Waals surface area contributed by atoms with Crippen LogP contribution >= 0.6 is 35.3 Å². The summed E-state index contributed by atoms with van der Waals surface area (Å²) in [4.78, 5) is 5.61. The number of hydrogen-bond donors (Lipinski definition) is 2. The molecule has 1 aromatic heterocycles. The van der Waals surface area contributed by atoms with Crippen molar-refractivity contribution in [3.8, 4) is 17.2 Å². The molecule has 8 heteroatoms. The molecular weight excluding hydrogens is 465 g/mol. The lowest BCUT2D eigenvalue weighted by molar-refractivity contribution is 0.368. The van der Waals surface area contributed by atoms with Crippen molar-refractivity contribution in [3.63, 3.8) is 0 Å². The Morgan fingerprint density at radius 3 is 2.27 bits per heavy atom. The van der Waals surface area contributed by atoms with E-state index in [1.807, 2.05) is 12.1 Å². The standard InChI is InChI=1S/C18H25N3O3S.HI/c1-19-18(20-8-7-14-6-5-9-25-14)21-12-15-16(23-3)10-13(22-2)11-17(15)24-4;/h5-6,9-11H,7-8,12H2,1-4H3,(H2,19,20,21);1H. The van der Waals surface area contributed by atoms with E-state index < -0.39 is 0 Å². The van der Waals surface area contributed by atoms with Crippen molar-refractivity contribution in [1.82, 2.24) is 10.6 Å². The average molecular weight is 491 g/mol. The first kappa shape index (κ1) is 22.4. The van der Waals surface area contributed by atoms with Gasteiger partial charge in [-0.25, -0.2) is 0 Å². The number of halogens is 1. The molecular formula is C18H26IN3O3S. The molecule has 26 heavy (non-hydrogen) atoms. The second-order valence-corrected chi connectivity index (χ2v) is 6.22. The lowest BCUT2D eigenvalue weighted by Gasteiger charge is -2.17. The molecule has 0 unspecified atom stereocenters. The second-order valence-electron chi connectivity index (χ2n) is 5.19. The quantitative estimate of drug-likeness (QED) is 0.337. The van der Waals surface area contributed by atoms with E-state index in [9.17, 15) is 0 Å². The van der Waals surface area contributed by atoms with Gasteiger partial charge in [-0.2, -0.15) is 0 Å². The fraction of sp³-hybridized carbons (Fsp3) is 0.389. The highest BCUT2D eigenvalue weighted by Crippen LogP contribution is 2.33. The summed E-state index contributed by atoms with van der Waals surface area (Å²) in [5, 5.41) is 8.70. The fourth-order valence-electron chi connectivity index (χ4n) is 2.40. The van der Waals surface area contributed by atoms with E-state index in [4.69, 9.17) is 14.2 Å². The summed E-state index contributed by atoms with van der Waals surface area (Å²) in [7, 11) is 6.63. The number of ether oxygens (including phenoxy) is 3. The zero-order valence-electron chi connectivity index (χ0n) is 15.5. The molecule has 2 aromatic rings. The molecule has 0 bridgehead atoms. The Hall–Kier alpha value is -1.68. The minimum absolute atomic E-state index is 0. The molecule has 2 N–H and O–H groups in total. The van der Waals surface area contributed by atoms with Crippen molar-refractivity contribution in [2.45, 2.75) is 13.0 Å². The number of benzene rings is 1. The summed E-state index contributed by atoms with van der Waals surface area (Å²) in [6, 6.07) is 7.88. The van der Waals surface area contributed by atoms with Crippen molar-refractivity contribution in [3.05, 3.63) is 40.1 Å². The van der Waals surface area contributed by atoms with Crippen LogP contribution in [0.4, 0.5) is 0 Å². The molecule has 0 fully saturated rings. The zero-order chi connectivity index (χ0) is 18.1. The van der Waals surface area contributed by atoms with Crippen LogP contribution in [0.3, 0.4) is 0 Å². The summed E-state index contributed by atoms with van der Waals surface area (Å²) in [5.41, 5.74) is 0.909.